The second-order valence-electron chi connectivity index (χ2n) is 40.2. The highest BCUT2D eigenvalue weighted by Crippen LogP contribution is 2.54. The molecule has 0 saturated carbocycles. The predicted molar refractivity (Wildman–Crippen MR) is 564 cm³/mol. The van der Waals surface area contributed by atoms with E-state index in [4.69, 9.17) is 42.4 Å². The molecule has 0 saturated heterocycles. The molecule has 10 heterocycles. The number of aliphatic hydroxyl groups is 1. The van der Waals surface area contributed by atoms with Crippen molar-refractivity contribution in [1.82, 2.24) is 9.97 Å². The summed E-state index contributed by atoms with van der Waals surface area (Å²) >= 11 is 15.6. The Bertz CT molecular complexity index is 6190. The summed E-state index contributed by atoms with van der Waals surface area (Å²) in [6.07, 6.45) is 4.45. The molecule has 29 nitrogen and oxygen atoms in total. The number of amides is 4. The summed E-state index contributed by atoms with van der Waals surface area (Å²) in [7, 11) is 0. The van der Waals surface area contributed by atoms with Gasteiger partial charge in [0.15, 0.2) is 29.0 Å². The molecule has 0 spiro atoms. The molecule has 4 amide bonds. The highest BCUT2D eigenvalue weighted by molar-refractivity contribution is 9.11. The van der Waals surface area contributed by atoms with E-state index < -0.39 is 134 Å². The number of thiophene rings is 4. The fourth-order valence-corrected chi connectivity index (χ4v) is 22.7. The molecule has 8 atom stereocenters. The van der Waals surface area contributed by atoms with Crippen molar-refractivity contribution in [2.75, 3.05) is 46.3 Å². The Morgan fingerprint density at radius 2 is 0.692 bits per heavy atom. The summed E-state index contributed by atoms with van der Waals surface area (Å²) < 4.78 is 47.6. The van der Waals surface area contributed by atoms with Crippen LogP contribution in [0.5, 0.6) is 0 Å². The summed E-state index contributed by atoms with van der Waals surface area (Å²) in [4.78, 5) is 171. The van der Waals surface area contributed by atoms with Crippen LogP contribution >= 0.6 is 93.1 Å². The maximum atomic E-state index is 14.0. The van der Waals surface area contributed by atoms with Gasteiger partial charge in [0, 0.05) is 6.92 Å². The molecule has 0 fully saturated rings. The standard InChI is InChI=1S/C27H34BrNO5S.C26H28N2O6S.C23H26BrNO5S.C16H20BrNO4S.C11H16O2.C4H5NO/c1-15(2)33-18(17-12-10-9-11-13-17)14-29-23(31)20(27(7,8)25(32)34-26(4,5)6)21(30)19-16(3)22(28)35-24(19)29;1-14(2)34-17(16-9-7-6-8-10-16)13-28-23(30)19(26(4,5)25(31)32)20(29)18-15(3)21(35-24(18)28)22-27-11-12-33-22;1-12(2)30-15(14-9-7-6-8-10-14)11-25-20(27)17(23(4,5)22(28)29)18(26)16-13(3)19(24)31-21(16)25;1-7-8-10(19)9(12(20)18-13(8)23-11(7)17)16(5,6)14(21)22-15(2,3)4;1-9(2)13-11(8-12)10-6-4-3-5-7-10;1-4-5-2-3-6-4/h9-13,15,18,20H,14H2,1-8H3;6-12,14,17,19H,13H2,1-5H3,(H,31,32);6-10,12,15,17H,11H2,1-5H3,(H,28,29);9H,1-6H3,(H,18,20);3-7,9,11-12H,8H2,1-2H3;2-3H,1H3/t18-,20?;17-,19?;15-,17?;;;/m000.../s1. The third-order valence-electron chi connectivity index (χ3n) is 23.8. The smallest absolute Gasteiger partial charge is 0.313 e. The van der Waals surface area contributed by atoms with E-state index in [1.807, 2.05) is 191 Å². The molecule has 0 radical (unpaired) electrons. The number of fused-ring (bicyclic) bond motifs is 4. The van der Waals surface area contributed by atoms with Gasteiger partial charge in [-0.3, -0.25) is 72.2 Å². The Morgan fingerprint density at radius 1 is 0.399 bits per heavy atom. The fraction of sp³-hybridized carbons (Fsp3) is 0.458. The lowest BCUT2D eigenvalue weighted by Crippen LogP contribution is -2.54. The number of carbonyl (C=O) groups is 12. The van der Waals surface area contributed by atoms with Gasteiger partial charge in [0.2, 0.25) is 29.5 Å². The number of ketones is 4. The number of esters is 2. The average molecular weight is 2240 g/mol. The average Bonchev–Trinajstić information content (AvgIpc) is 1.60. The van der Waals surface area contributed by atoms with Gasteiger partial charge in [-0.25, -0.2) is 9.97 Å². The van der Waals surface area contributed by atoms with Crippen molar-refractivity contribution in [3.05, 3.63) is 230 Å². The third-order valence-corrected chi connectivity index (χ3v) is 31.6. The topological polar surface area (TPSA) is 395 Å². The van der Waals surface area contributed by atoms with Crippen LogP contribution in [0, 0.1) is 80.0 Å². The lowest BCUT2D eigenvalue weighted by atomic mass is 9.72. The van der Waals surface area contributed by atoms with E-state index in [-0.39, 0.29) is 68.3 Å². The number of nitrogens with one attached hydrogen (secondary N) is 1. The van der Waals surface area contributed by atoms with Crippen LogP contribution in [-0.4, -0.2) is 158 Å². The maximum absolute atomic E-state index is 14.0. The van der Waals surface area contributed by atoms with E-state index in [1.54, 1.807) is 107 Å². The van der Waals surface area contributed by atoms with Crippen LogP contribution in [0.3, 0.4) is 0 Å². The van der Waals surface area contributed by atoms with Crippen LogP contribution in [0.15, 0.2) is 166 Å². The third kappa shape index (κ3) is 27.6. The number of ether oxygens (including phenoxy) is 6. The van der Waals surface area contributed by atoms with E-state index >= 15 is 0 Å². The number of aryl methyl sites for hydroxylation is 1. The summed E-state index contributed by atoms with van der Waals surface area (Å²) in [6, 6.07) is 38.6. The summed E-state index contributed by atoms with van der Waals surface area (Å²) in [5.41, 5.74) is 1.10. The lowest BCUT2D eigenvalue weighted by molar-refractivity contribution is -0.169. The molecular formula is C107H129Br3N6O23S4. The molecule has 5 unspecified atom stereocenters. The number of aliphatic hydroxyl groups excluding tert-OH is 1. The van der Waals surface area contributed by atoms with Gasteiger partial charge in [-0.2, -0.15) is 0 Å². The highest BCUT2D eigenvalue weighted by Gasteiger charge is 2.58. The number of nitrogens with zero attached hydrogens (tertiary/aromatic N) is 5. The van der Waals surface area contributed by atoms with E-state index in [0.717, 1.165) is 56.2 Å². The van der Waals surface area contributed by atoms with Crippen LogP contribution in [0.25, 0.3) is 10.8 Å². The summed E-state index contributed by atoms with van der Waals surface area (Å²) in [5, 5.41) is 33.6. The van der Waals surface area contributed by atoms with Crippen molar-refractivity contribution in [3.8, 4) is 10.8 Å². The van der Waals surface area contributed by atoms with Crippen molar-refractivity contribution < 1.29 is 110 Å². The zero-order chi connectivity index (χ0) is 107. The molecule has 4 aromatic carbocycles. The Morgan fingerprint density at radius 3 is 0.993 bits per heavy atom. The minimum absolute atomic E-state index is 0.0300. The second-order valence-corrected chi connectivity index (χ2v) is 48.2. The van der Waals surface area contributed by atoms with Gasteiger partial charge in [-0.15, -0.1) is 45.3 Å². The molecule has 4 aliphatic rings. The van der Waals surface area contributed by atoms with Crippen molar-refractivity contribution in [3.63, 3.8) is 0 Å². The number of oxazole rings is 2. The molecule has 0 bridgehead atoms. The van der Waals surface area contributed by atoms with Gasteiger partial charge in [-0.1, -0.05) is 121 Å². The number of benzene rings is 4. The lowest BCUT2D eigenvalue weighted by Gasteiger charge is -2.40. The number of carboxylic acid groups (broad SMARTS) is 2. The summed E-state index contributed by atoms with van der Waals surface area (Å²) in [6.45, 7) is 47.7. The van der Waals surface area contributed by atoms with Crippen molar-refractivity contribution in [2.45, 2.75) is 247 Å². The Labute approximate surface area is 876 Å². The summed E-state index contributed by atoms with van der Waals surface area (Å²) in [5.74, 6) is -11.1. The SMILES string of the molecule is CC(C)OC(CO)c1ccccc1.Cc1c(-c2ncco2)sc2c1C(=O)C(C(C)(C)C(=O)O)C(=O)N2C[C@H](OC(C)C)c1ccccc1.Cc1c(Br)sc2c1C(=O)C(C(C)(C)C(=O)O)C(=O)N2C[C@H](OC(C)C)c1ccccc1.Cc1c(Br)sc2c1C(=O)C(C(C)(C)C(=O)OC(C)(C)C)C(=O)N2.Cc1c(Br)sc2c1C(=O)C(C(C)(C)C(=O)OC(C)(C)C)C(=O)N2C[C@H](OC(C)C)c1ccccc1.Cc1ncco1. The molecular weight excluding hydrogens is 2110 g/mol. The molecule has 0 aliphatic carbocycles. The number of Topliss-reactive ketones (excluding diaryl/α,β-unsaturated/α-hetero) is 4. The fourth-order valence-electron chi connectivity index (χ4n) is 16.3. The maximum Gasteiger partial charge on any atom is 0.313 e. The van der Waals surface area contributed by atoms with Gasteiger partial charge in [0.05, 0.1) is 123 Å². The first-order chi connectivity index (χ1) is 66.6. The first-order valence-corrected chi connectivity index (χ1v) is 52.3. The minimum Gasteiger partial charge on any atom is -0.481 e. The van der Waals surface area contributed by atoms with Crippen LogP contribution in [-0.2, 0) is 66.8 Å². The number of anilines is 4. The molecule has 14 rings (SSSR count). The Hall–Kier alpha value is -10.2. The number of aromatic nitrogens is 2. The number of hydrogen-bond donors (Lipinski definition) is 4. The van der Waals surface area contributed by atoms with E-state index in [0.29, 0.717) is 58.6 Å². The van der Waals surface area contributed by atoms with Crippen LogP contribution < -0.4 is 20.0 Å². The van der Waals surface area contributed by atoms with E-state index in [2.05, 4.69) is 63.1 Å². The first-order valence-electron chi connectivity index (χ1n) is 46.7. The normalized spacial score (nSPS) is 16.9. The second kappa shape index (κ2) is 48.4. The molecule has 143 heavy (non-hydrogen) atoms. The first kappa shape index (κ1) is 116. The number of hydrogen-bond acceptors (Lipinski definition) is 27. The molecule has 4 N–H and O–H groups in total. The number of halogens is 3. The molecule has 36 heteroatoms. The Balaban J connectivity index is 0.000000201. The van der Waals surface area contributed by atoms with Gasteiger partial charge in [-0.05, 0) is 272 Å². The van der Waals surface area contributed by atoms with Crippen molar-refractivity contribution in [1.29, 1.82) is 0 Å². The number of carbonyl (C=O) groups excluding carboxylic acids is 10. The largest absolute Gasteiger partial charge is 0.481 e. The highest BCUT2D eigenvalue weighted by atomic mass is 79.9. The van der Waals surface area contributed by atoms with Gasteiger partial charge < -0.3 is 57.9 Å². The molecule has 10 aromatic rings. The molecule has 6 aromatic heterocycles. The monoisotopic (exact) mass is 2230 g/mol. The van der Waals surface area contributed by atoms with Crippen LogP contribution in [0.2, 0.25) is 0 Å². The van der Waals surface area contributed by atoms with Crippen molar-refractivity contribution >= 4 is 184 Å². The van der Waals surface area contributed by atoms with Crippen LogP contribution in [0.4, 0.5) is 20.0 Å². The zero-order valence-electron chi connectivity index (χ0n) is 85.6. The minimum atomic E-state index is -1.61. The van der Waals surface area contributed by atoms with Crippen LogP contribution in [0.1, 0.15) is 269 Å². The molecule has 4 aliphatic heterocycles. The zero-order valence-corrected chi connectivity index (χ0v) is 93.6. The molecule has 770 valence electrons. The van der Waals surface area contributed by atoms with Gasteiger partial charge >= 0.3 is 23.9 Å². The number of aliphatic carboxylic acids is 2. The van der Waals surface area contributed by atoms with E-state index in [1.165, 1.54) is 95.3 Å². The van der Waals surface area contributed by atoms with Crippen molar-refractivity contribution in [2.24, 2.45) is 45.3 Å². The number of rotatable bonds is 28. The van der Waals surface area contributed by atoms with Gasteiger partial charge in [0.1, 0.15) is 91.8 Å². The number of carboxylic acids is 2. The van der Waals surface area contributed by atoms with E-state index in [9.17, 15) is 67.7 Å². The predicted octanol–water partition coefficient (Wildman–Crippen LogP) is 23.9. The van der Waals surface area contributed by atoms with Gasteiger partial charge in [0.25, 0.3) is 0 Å². The quantitative estimate of drug-likeness (QED) is 0.0261. The Kier molecular flexibility index (Phi) is 39.4.